The third-order valence-corrected chi connectivity index (χ3v) is 6.33. The zero-order chi connectivity index (χ0) is 20.3. The Morgan fingerprint density at radius 1 is 1.31 bits per heavy atom. The lowest BCUT2D eigenvalue weighted by atomic mass is 9.81. The molecule has 2 N–H and O–H groups in total. The van der Waals surface area contributed by atoms with Crippen molar-refractivity contribution < 1.29 is 9.53 Å². The number of carbonyl (C=O) groups excluding carboxylic acids is 1. The Kier molecular flexibility index (Phi) is 5.90. The minimum absolute atomic E-state index is 0.00779. The van der Waals surface area contributed by atoms with Gasteiger partial charge in [-0.05, 0) is 63.8 Å². The quantitative estimate of drug-likeness (QED) is 0.801. The van der Waals surface area contributed by atoms with E-state index in [4.69, 9.17) is 4.74 Å². The second-order valence-corrected chi connectivity index (χ2v) is 8.47. The fraction of sp³-hybridized carbons (Fsp3) is 0.565. The molecular formula is C23H32N4O2. The van der Waals surface area contributed by atoms with Crippen molar-refractivity contribution in [2.75, 3.05) is 19.7 Å². The molecule has 2 atom stereocenters. The number of likely N-dealkylation sites (tertiary alicyclic amines) is 1. The summed E-state index contributed by atoms with van der Waals surface area (Å²) in [5.41, 5.74) is 2.22. The third kappa shape index (κ3) is 4.04. The SMILES string of the molecule is CCCOc1ccccc1-c1cc(C(=O)N2CCC[C@]3(C)NCCCC[C@H]23)[nH]n1. The summed E-state index contributed by atoms with van der Waals surface area (Å²) in [6.07, 6.45) is 6.49. The van der Waals surface area contributed by atoms with Crippen LogP contribution in [-0.4, -0.2) is 52.3 Å². The van der Waals surface area contributed by atoms with Gasteiger partial charge < -0.3 is 15.0 Å². The zero-order valence-electron chi connectivity index (χ0n) is 17.5. The predicted octanol–water partition coefficient (Wildman–Crippen LogP) is 4.00. The number of hydrogen-bond acceptors (Lipinski definition) is 4. The number of para-hydroxylation sites is 1. The van der Waals surface area contributed by atoms with Crippen molar-refractivity contribution in [3.05, 3.63) is 36.0 Å². The first kappa shape index (κ1) is 20.0. The number of piperidine rings is 1. The van der Waals surface area contributed by atoms with Crippen LogP contribution in [-0.2, 0) is 0 Å². The molecule has 1 aromatic carbocycles. The Morgan fingerprint density at radius 2 is 2.17 bits per heavy atom. The number of aromatic amines is 1. The number of hydrogen-bond donors (Lipinski definition) is 2. The van der Waals surface area contributed by atoms with Crippen molar-refractivity contribution in [2.24, 2.45) is 0 Å². The number of H-pyrrole nitrogens is 1. The van der Waals surface area contributed by atoms with Crippen molar-refractivity contribution in [2.45, 2.75) is 64.0 Å². The molecule has 29 heavy (non-hydrogen) atoms. The lowest BCUT2D eigenvalue weighted by Crippen LogP contribution is -2.62. The van der Waals surface area contributed by atoms with Crippen LogP contribution in [0.15, 0.2) is 30.3 Å². The van der Waals surface area contributed by atoms with E-state index in [1.165, 1.54) is 6.42 Å². The molecule has 0 spiro atoms. The highest BCUT2D eigenvalue weighted by atomic mass is 16.5. The van der Waals surface area contributed by atoms with Crippen LogP contribution in [0.25, 0.3) is 11.3 Å². The summed E-state index contributed by atoms with van der Waals surface area (Å²) in [4.78, 5) is 15.5. The number of nitrogens with one attached hydrogen (secondary N) is 2. The molecule has 2 saturated heterocycles. The maximum atomic E-state index is 13.4. The monoisotopic (exact) mass is 396 g/mol. The molecule has 156 valence electrons. The van der Waals surface area contributed by atoms with Gasteiger partial charge in [-0.15, -0.1) is 0 Å². The van der Waals surface area contributed by atoms with Gasteiger partial charge in [-0.3, -0.25) is 9.89 Å². The van der Waals surface area contributed by atoms with Gasteiger partial charge in [0.25, 0.3) is 5.91 Å². The Bertz CT molecular complexity index is 849. The number of amides is 1. The van der Waals surface area contributed by atoms with Gasteiger partial charge in [0.05, 0.1) is 12.3 Å². The van der Waals surface area contributed by atoms with Gasteiger partial charge in [-0.25, -0.2) is 0 Å². The van der Waals surface area contributed by atoms with Gasteiger partial charge in [-0.1, -0.05) is 25.5 Å². The van der Waals surface area contributed by atoms with Crippen LogP contribution < -0.4 is 10.1 Å². The van der Waals surface area contributed by atoms with Gasteiger partial charge in [0.15, 0.2) is 0 Å². The smallest absolute Gasteiger partial charge is 0.272 e. The van der Waals surface area contributed by atoms with Crippen molar-refractivity contribution in [1.82, 2.24) is 20.4 Å². The van der Waals surface area contributed by atoms with E-state index in [1.54, 1.807) is 0 Å². The fourth-order valence-electron chi connectivity index (χ4n) is 4.78. The number of aromatic nitrogens is 2. The van der Waals surface area contributed by atoms with Crippen LogP contribution in [0.2, 0.25) is 0 Å². The third-order valence-electron chi connectivity index (χ3n) is 6.33. The number of nitrogens with zero attached hydrogens (tertiary/aromatic N) is 2. The Hall–Kier alpha value is -2.34. The molecule has 0 bridgehead atoms. The molecule has 6 nitrogen and oxygen atoms in total. The summed E-state index contributed by atoms with van der Waals surface area (Å²) < 4.78 is 5.87. The number of rotatable bonds is 5. The zero-order valence-corrected chi connectivity index (χ0v) is 17.5. The first-order valence-corrected chi connectivity index (χ1v) is 11.0. The van der Waals surface area contributed by atoms with Crippen LogP contribution in [0, 0.1) is 0 Å². The minimum atomic E-state index is 0.00779. The molecule has 0 unspecified atom stereocenters. The van der Waals surface area contributed by atoms with E-state index in [0.29, 0.717) is 12.3 Å². The molecule has 0 radical (unpaired) electrons. The van der Waals surface area contributed by atoms with Crippen LogP contribution in [0.1, 0.15) is 62.9 Å². The molecule has 3 heterocycles. The normalized spacial score (nSPS) is 24.6. The molecule has 0 aliphatic carbocycles. The van der Waals surface area contributed by atoms with Crippen LogP contribution >= 0.6 is 0 Å². The highest BCUT2D eigenvalue weighted by molar-refractivity contribution is 5.94. The second-order valence-electron chi connectivity index (χ2n) is 8.47. The van der Waals surface area contributed by atoms with E-state index in [0.717, 1.165) is 62.2 Å². The fourth-order valence-corrected chi connectivity index (χ4v) is 4.78. The number of benzene rings is 1. The maximum absolute atomic E-state index is 13.4. The van der Waals surface area contributed by atoms with E-state index in [1.807, 2.05) is 30.3 Å². The standard InChI is InChI=1S/C23H32N4O2/c1-3-15-29-20-10-5-4-9-17(20)18-16-19(26-25-18)22(28)27-14-8-12-23(2)21(27)11-6-7-13-24-23/h4-5,9-10,16,21,24H,3,6-8,11-15H2,1-2H3,(H,25,26)/t21-,23-/m0/s1. The molecular weight excluding hydrogens is 364 g/mol. The lowest BCUT2D eigenvalue weighted by molar-refractivity contribution is 0.0374. The van der Waals surface area contributed by atoms with Crippen molar-refractivity contribution in [3.63, 3.8) is 0 Å². The summed E-state index contributed by atoms with van der Waals surface area (Å²) >= 11 is 0. The molecule has 1 aromatic heterocycles. The number of ether oxygens (including phenoxy) is 1. The Morgan fingerprint density at radius 3 is 3.03 bits per heavy atom. The van der Waals surface area contributed by atoms with E-state index in [2.05, 4.69) is 34.3 Å². The average molecular weight is 397 g/mol. The van der Waals surface area contributed by atoms with E-state index < -0.39 is 0 Å². The van der Waals surface area contributed by atoms with Crippen molar-refractivity contribution in [1.29, 1.82) is 0 Å². The van der Waals surface area contributed by atoms with Gasteiger partial charge in [0.2, 0.25) is 0 Å². The van der Waals surface area contributed by atoms with Crippen molar-refractivity contribution in [3.8, 4) is 17.0 Å². The molecule has 2 aliphatic heterocycles. The largest absolute Gasteiger partial charge is 0.493 e. The first-order valence-electron chi connectivity index (χ1n) is 11.0. The molecule has 2 aliphatic rings. The average Bonchev–Trinajstić information content (AvgIpc) is 3.14. The van der Waals surface area contributed by atoms with E-state index >= 15 is 0 Å². The Labute approximate surface area is 173 Å². The van der Waals surface area contributed by atoms with Crippen LogP contribution in [0.5, 0.6) is 5.75 Å². The summed E-state index contributed by atoms with van der Waals surface area (Å²) in [5, 5.41) is 11.2. The lowest BCUT2D eigenvalue weighted by Gasteiger charge is -2.48. The minimum Gasteiger partial charge on any atom is -0.493 e. The number of carbonyl (C=O) groups is 1. The van der Waals surface area contributed by atoms with Crippen LogP contribution in [0.4, 0.5) is 0 Å². The van der Waals surface area contributed by atoms with E-state index in [-0.39, 0.29) is 17.5 Å². The predicted molar refractivity (Wildman–Crippen MR) is 114 cm³/mol. The second kappa shape index (κ2) is 8.57. The molecule has 2 fully saturated rings. The van der Waals surface area contributed by atoms with Gasteiger partial charge in [0.1, 0.15) is 11.4 Å². The molecule has 1 amide bonds. The summed E-state index contributed by atoms with van der Waals surface area (Å²) in [5.74, 6) is 0.855. The Balaban J connectivity index is 1.57. The summed E-state index contributed by atoms with van der Waals surface area (Å²) in [6.45, 7) is 6.88. The molecule has 0 saturated carbocycles. The molecule has 6 heteroatoms. The highest BCUT2D eigenvalue weighted by Crippen LogP contribution is 2.34. The van der Waals surface area contributed by atoms with Crippen LogP contribution in [0.3, 0.4) is 0 Å². The van der Waals surface area contributed by atoms with E-state index in [9.17, 15) is 4.79 Å². The van der Waals surface area contributed by atoms with Gasteiger partial charge in [-0.2, -0.15) is 5.10 Å². The highest BCUT2D eigenvalue weighted by Gasteiger charge is 2.43. The summed E-state index contributed by atoms with van der Waals surface area (Å²) in [6, 6.07) is 9.97. The molecule has 4 rings (SSSR count). The number of fused-ring (bicyclic) bond motifs is 1. The molecule has 2 aromatic rings. The van der Waals surface area contributed by atoms with Gasteiger partial charge >= 0.3 is 0 Å². The van der Waals surface area contributed by atoms with Crippen molar-refractivity contribution >= 4 is 5.91 Å². The maximum Gasteiger partial charge on any atom is 0.272 e. The topological polar surface area (TPSA) is 70.2 Å². The first-order chi connectivity index (χ1) is 14.1. The summed E-state index contributed by atoms with van der Waals surface area (Å²) in [7, 11) is 0. The van der Waals surface area contributed by atoms with Gasteiger partial charge in [0, 0.05) is 23.7 Å².